The third kappa shape index (κ3) is 3.46. The van der Waals surface area contributed by atoms with Gasteiger partial charge in [-0.1, -0.05) is 11.6 Å². The van der Waals surface area contributed by atoms with Crippen LogP contribution in [0.25, 0.3) is 16.9 Å². The monoisotopic (exact) mass is 416 g/mol. The molecule has 2 N–H and O–H groups in total. The van der Waals surface area contributed by atoms with Crippen LogP contribution in [-0.2, 0) is 10.0 Å². The van der Waals surface area contributed by atoms with Crippen molar-refractivity contribution in [2.75, 3.05) is 7.11 Å². The summed E-state index contributed by atoms with van der Waals surface area (Å²) in [5.41, 5.74) is -0.346. The van der Waals surface area contributed by atoms with Gasteiger partial charge in [-0.15, -0.1) is 0 Å². The zero-order valence-electron chi connectivity index (χ0n) is 13.6. The summed E-state index contributed by atoms with van der Waals surface area (Å²) in [6.07, 6.45) is 0.915. The molecule has 0 atom stereocenters. The molecule has 0 aliphatic rings. The molecule has 1 aromatic heterocycles. The van der Waals surface area contributed by atoms with E-state index in [1.54, 1.807) is 0 Å². The zero-order chi connectivity index (χ0) is 19.9. The Balaban J connectivity index is 2.25. The van der Waals surface area contributed by atoms with Crippen LogP contribution in [0.1, 0.15) is 0 Å². The highest BCUT2D eigenvalue weighted by Gasteiger charge is 2.22. The molecule has 3 aromatic rings. The third-order valence-corrected chi connectivity index (χ3v) is 4.93. The van der Waals surface area contributed by atoms with Gasteiger partial charge in [-0.25, -0.2) is 31.7 Å². The lowest BCUT2D eigenvalue weighted by molar-refractivity contribution is 0.414. The zero-order valence-corrected chi connectivity index (χ0v) is 15.1. The van der Waals surface area contributed by atoms with E-state index in [2.05, 4.69) is 0 Å². The molecule has 0 spiro atoms. The van der Waals surface area contributed by atoms with Crippen molar-refractivity contribution >= 4 is 21.6 Å². The van der Waals surface area contributed by atoms with Crippen LogP contribution < -0.4 is 15.6 Å². The van der Waals surface area contributed by atoms with Crippen molar-refractivity contribution in [1.29, 1.82) is 0 Å². The Kier molecular flexibility index (Phi) is 4.81. The molecule has 0 radical (unpaired) electrons. The van der Waals surface area contributed by atoms with E-state index in [4.69, 9.17) is 25.9 Å². The van der Waals surface area contributed by atoms with Gasteiger partial charge >= 0.3 is 5.76 Å². The summed E-state index contributed by atoms with van der Waals surface area (Å²) in [4.78, 5) is 11.1. The van der Waals surface area contributed by atoms with E-state index < -0.39 is 37.9 Å². The molecule has 0 aliphatic heterocycles. The van der Waals surface area contributed by atoms with Crippen molar-refractivity contribution < 1.29 is 26.4 Å². The molecule has 11 heteroatoms. The molecule has 0 aliphatic carbocycles. The first-order valence-electron chi connectivity index (χ1n) is 7.20. The number of oxazole rings is 1. The van der Waals surface area contributed by atoms with Crippen LogP contribution in [-0.4, -0.2) is 20.1 Å². The lowest BCUT2D eigenvalue weighted by atomic mass is 10.1. The first-order valence-corrected chi connectivity index (χ1v) is 9.12. The maximum atomic E-state index is 14.5. The Morgan fingerprint density at radius 1 is 1.19 bits per heavy atom. The van der Waals surface area contributed by atoms with Gasteiger partial charge in [-0.05, 0) is 24.3 Å². The van der Waals surface area contributed by atoms with Crippen LogP contribution in [0, 0.1) is 11.6 Å². The topological polar surface area (TPSA) is 105 Å². The summed E-state index contributed by atoms with van der Waals surface area (Å²) < 4.78 is 62.1. The number of rotatable bonds is 4. The number of sulfonamides is 1. The van der Waals surface area contributed by atoms with Gasteiger partial charge in [-0.2, -0.15) is 0 Å². The average Bonchev–Trinajstić information content (AvgIpc) is 2.97. The van der Waals surface area contributed by atoms with Crippen molar-refractivity contribution in [2.24, 2.45) is 5.14 Å². The van der Waals surface area contributed by atoms with Gasteiger partial charge in [0.05, 0.1) is 23.5 Å². The summed E-state index contributed by atoms with van der Waals surface area (Å²) in [5.74, 6) is -3.03. The van der Waals surface area contributed by atoms with Gasteiger partial charge in [0.2, 0.25) is 10.0 Å². The molecule has 0 amide bonds. The van der Waals surface area contributed by atoms with Crippen molar-refractivity contribution in [2.45, 2.75) is 4.90 Å². The van der Waals surface area contributed by atoms with Crippen molar-refractivity contribution in [3.05, 3.63) is 63.8 Å². The summed E-state index contributed by atoms with van der Waals surface area (Å²) in [6, 6.07) is 5.33. The summed E-state index contributed by atoms with van der Waals surface area (Å²) in [5, 5.41) is 5.12. The van der Waals surface area contributed by atoms with Crippen LogP contribution in [0.5, 0.6) is 5.75 Å². The molecule has 0 saturated carbocycles. The Hall–Kier alpha value is -2.69. The lowest BCUT2D eigenvalue weighted by Crippen LogP contribution is -2.16. The van der Waals surface area contributed by atoms with E-state index in [0.29, 0.717) is 12.1 Å². The standard InChI is InChI=1S/C16H11ClF2N2O5S/c1-25-14-4-8(2-3-10(14)17)21-13(7-26-16(21)22)9-5-12(19)15(6-11(9)18)27(20,23)24/h2-7H,1H3,(H2,20,23,24). The number of benzene rings is 2. The molecule has 3 rings (SSSR count). The maximum Gasteiger partial charge on any atom is 0.424 e. The van der Waals surface area contributed by atoms with Crippen molar-refractivity contribution in [1.82, 2.24) is 4.57 Å². The Morgan fingerprint density at radius 3 is 2.52 bits per heavy atom. The van der Waals surface area contributed by atoms with Gasteiger partial charge in [0.1, 0.15) is 28.5 Å². The van der Waals surface area contributed by atoms with Gasteiger partial charge < -0.3 is 9.15 Å². The van der Waals surface area contributed by atoms with Gasteiger partial charge in [-0.3, -0.25) is 0 Å². The molecule has 0 unspecified atom stereocenters. The average molecular weight is 417 g/mol. The fraction of sp³-hybridized carbons (Fsp3) is 0.0625. The molecule has 7 nitrogen and oxygen atoms in total. The first kappa shape index (κ1) is 19.1. The number of hydrogen-bond donors (Lipinski definition) is 1. The number of aromatic nitrogens is 1. The fourth-order valence-corrected chi connectivity index (χ4v) is 3.26. The third-order valence-electron chi connectivity index (χ3n) is 3.69. The minimum absolute atomic E-state index is 0.151. The highest BCUT2D eigenvalue weighted by atomic mass is 35.5. The van der Waals surface area contributed by atoms with E-state index in [0.717, 1.165) is 10.8 Å². The minimum Gasteiger partial charge on any atom is -0.495 e. The predicted octanol–water partition coefficient (Wildman–Crippen LogP) is 2.69. The van der Waals surface area contributed by atoms with Gasteiger partial charge in [0.15, 0.2) is 0 Å². The highest BCUT2D eigenvalue weighted by Crippen LogP contribution is 2.31. The largest absolute Gasteiger partial charge is 0.495 e. The van der Waals surface area contributed by atoms with Crippen LogP contribution >= 0.6 is 11.6 Å². The van der Waals surface area contributed by atoms with Crippen molar-refractivity contribution in [3.8, 4) is 22.7 Å². The Labute approximate surface area is 156 Å². The number of halogens is 3. The summed E-state index contributed by atoms with van der Waals surface area (Å²) >= 11 is 5.95. The molecule has 1 heterocycles. The molecule has 142 valence electrons. The second kappa shape index (κ2) is 6.80. The maximum absolute atomic E-state index is 14.5. The molecular weight excluding hydrogens is 406 g/mol. The lowest BCUT2D eigenvalue weighted by Gasteiger charge is -2.11. The SMILES string of the molecule is COc1cc(-n2c(-c3cc(F)c(S(N)(=O)=O)cc3F)coc2=O)ccc1Cl. The Bertz CT molecular complexity index is 1200. The van der Waals surface area contributed by atoms with E-state index >= 15 is 0 Å². The second-order valence-corrected chi connectivity index (χ2v) is 7.29. The normalized spacial score (nSPS) is 11.6. The molecule has 0 bridgehead atoms. The van der Waals surface area contributed by atoms with E-state index in [1.165, 1.54) is 25.3 Å². The summed E-state index contributed by atoms with van der Waals surface area (Å²) in [7, 11) is -3.10. The molecular formula is C16H11ClF2N2O5S. The van der Waals surface area contributed by atoms with Crippen LogP contribution in [0.3, 0.4) is 0 Å². The smallest absolute Gasteiger partial charge is 0.424 e. The minimum atomic E-state index is -4.46. The van der Waals surface area contributed by atoms with E-state index in [-0.39, 0.29) is 22.2 Å². The number of ether oxygens (including phenoxy) is 1. The summed E-state index contributed by atoms with van der Waals surface area (Å²) in [6.45, 7) is 0. The molecule has 27 heavy (non-hydrogen) atoms. The first-order chi connectivity index (χ1) is 12.6. The fourth-order valence-electron chi connectivity index (χ4n) is 2.47. The number of hydrogen-bond acceptors (Lipinski definition) is 5. The van der Waals surface area contributed by atoms with Crippen LogP contribution in [0.4, 0.5) is 8.78 Å². The van der Waals surface area contributed by atoms with Crippen LogP contribution in [0.2, 0.25) is 5.02 Å². The number of primary sulfonamides is 1. The second-order valence-electron chi connectivity index (χ2n) is 5.35. The van der Waals surface area contributed by atoms with E-state index in [9.17, 15) is 22.0 Å². The predicted molar refractivity (Wildman–Crippen MR) is 92.6 cm³/mol. The number of methoxy groups -OCH3 is 1. The quantitative estimate of drug-likeness (QED) is 0.704. The van der Waals surface area contributed by atoms with Crippen LogP contribution in [0.15, 0.2) is 50.7 Å². The van der Waals surface area contributed by atoms with E-state index in [1.807, 2.05) is 0 Å². The van der Waals surface area contributed by atoms with Gasteiger partial charge in [0, 0.05) is 11.6 Å². The highest BCUT2D eigenvalue weighted by molar-refractivity contribution is 7.89. The molecule has 0 saturated heterocycles. The van der Waals surface area contributed by atoms with Crippen molar-refractivity contribution in [3.63, 3.8) is 0 Å². The van der Waals surface area contributed by atoms with Gasteiger partial charge in [0.25, 0.3) is 0 Å². The molecule has 2 aromatic carbocycles. The number of nitrogens with two attached hydrogens (primary N) is 1. The Morgan fingerprint density at radius 2 is 1.89 bits per heavy atom. The number of nitrogens with zero attached hydrogens (tertiary/aromatic N) is 1. The molecule has 0 fully saturated rings.